The molecule has 102 valence electrons. The molecule has 0 aromatic heterocycles. The summed E-state index contributed by atoms with van der Waals surface area (Å²) in [5, 5.41) is 9.41. The zero-order valence-corrected chi connectivity index (χ0v) is 11.6. The van der Waals surface area contributed by atoms with Crippen LogP contribution >= 0.6 is 11.6 Å². The minimum absolute atomic E-state index is 0.177. The third-order valence-electron chi connectivity index (χ3n) is 2.70. The van der Waals surface area contributed by atoms with E-state index in [4.69, 9.17) is 16.7 Å². The summed E-state index contributed by atoms with van der Waals surface area (Å²) in [5.74, 6) is -1.35. The lowest BCUT2D eigenvalue weighted by Gasteiger charge is -2.21. The quantitative estimate of drug-likeness (QED) is 0.844. The fourth-order valence-corrected chi connectivity index (χ4v) is 1.76. The smallest absolute Gasteiger partial charge is 0.323 e. The fourth-order valence-electron chi connectivity index (χ4n) is 1.57. The second-order valence-electron chi connectivity index (χ2n) is 4.12. The largest absolute Gasteiger partial charge is 0.480 e. The van der Waals surface area contributed by atoms with Crippen molar-refractivity contribution >= 4 is 23.5 Å². The van der Waals surface area contributed by atoms with Gasteiger partial charge < -0.3 is 10.0 Å². The Labute approximate surface area is 117 Å². The number of allylic oxidation sites excluding steroid dienone is 1. The van der Waals surface area contributed by atoms with E-state index in [0.717, 1.165) is 5.56 Å². The molecule has 0 fully saturated rings. The van der Waals surface area contributed by atoms with Crippen molar-refractivity contribution in [2.75, 3.05) is 6.54 Å². The Bertz CT molecular complexity index is 511. The SMILES string of the molecule is C/C=C(\C)C(=O)N(CC(=O)O)Cc1ccccc1Cl. The molecule has 19 heavy (non-hydrogen) atoms. The van der Waals surface area contributed by atoms with Crippen molar-refractivity contribution in [1.29, 1.82) is 0 Å². The van der Waals surface area contributed by atoms with E-state index in [2.05, 4.69) is 0 Å². The van der Waals surface area contributed by atoms with Crippen LogP contribution in [0.1, 0.15) is 19.4 Å². The Balaban J connectivity index is 2.96. The van der Waals surface area contributed by atoms with Gasteiger partial charge in [0, 0.05) is 17.1 Å². The van der Waals surface area contributed by atoms with Gasteiger partial charge in [0.1, 0.15) is 6.54 Å². The van der Waals surface area contributed by atoms with Crippen LogP contribution in [-0.2, 0) is 16.1 Å². The van der Waals surface area contributed by atoms with Gasteiger partial charge in [-0.25, -0.2) is 0 Å². The number of carboxylic acid groups (broad SMARTS) is 1. The number of rotatable bonds is 5. The van der Waals surface area contributed by atoms with Crippen molar-refractivity contribution in [3.63, 3.8) is 0 Å². The number of benzene rings is 1. The summed E-state index contributed by atoms with van der Waals surface area (Å²) in [7, 11) is 0. The van der Waals surface area contributed by atoms with Crippen LogP contribution in [0.5, 0.6) is 0 Å². The second kappa shape index (κ2) is 6.95. The maximum atomic E-state index is 12.1. The minimum atomic E-state index is -1.05. The number of amides is 1. The molecule has 0 radical (unpaired) electrons. The summed E-state index contributed by atoms with van der Waals surface area (Å²) in [6, 6.07) is 7.07. The fraction of sp³-hybridized carbons (Fsp3) is 0.286. The number of hydrogen-bond acceptors (Lipinski definition) is 2. The maximum absolute atomic E-state index is 12.1. The highest BCUT2D eigenvalue weighted by Crippen LogP contribution is 2.18. The van der Waals surface area contributed by atoms with Crippen LogP contribution in [0.4, 0.5) is 0 Å². The molecule has 0 aliphatic heterocycles. The molecule has 0 aliphatic carbocycles. The number of nitrogens with zero attached hydrogens (tertiary/aromatic N) is 1. The lowest BCUT2D eigenvalue weighted by Crippen LogP contribution is -2.35. The third kappa shape index (κ3) is 4.41. The minimum Gasteiger partial charge on any atom is -0.480 e. The molecule has 0 saturated heterocycles. The third-order valence-corrected chi connectivity index (χ3v) is 3.07. The molecule has 0 bridgehead atoms. The van der Waals surface area contributed by atoms with Gasteiger partial charge in [0.25, 0.3) is 0 Å². The monoisotopic (exact) mass is 281 g/mol. The van der Waals surface area contributed by atoms with Crippen molar-refractivity contribution < 1.29 is 14.7 Å². The average molecular weight is 282 g/mol. The van der Waals surface area contributed by atoms with Gasteiger partial charge >= 0.3 is 5.97 Å². The van der Waals surface area contributed by atoms with Crippen LogP contribution < -0.4 is 0 Å². The second-order valence-corrected chi connectivity index (χ2v) is 4.53. The van der Waals surface area contributed by atoms with Crippen molar-refractivity contribution in [2.45, 2.75) is 20.4 Å². The molecule has 4 nitrogen and oxygen atoms in total. The molecule has 0 aliphatic rings. The lowest BCUT2D eigenvalue weighted by atomic mass is 10.2. The molecule has 0 atom stereocenters. The van der Waals surface area contributed by atoms with Crippen LogP contribution in [0.2, 0.25) is 5.02 Å². The lowest BCUT2D eigenvalue weighted by molar-refractivity contribution is -0.143. The van der Waals surface area contributed by atoms with E-state index in [9.17, 15) is 9.59 Å². The van der Waals surface area contributed by atoms with Gasteiger partial charge in [-0.1, -0.05) is 35.9 Å². The summed E-state index contributed by atoms with van der Waals surface area (Å²) in [4.78, 5) is 24.2. The van der Waals surface area contributed by atoms with E-state index in [1.807, 2.05) is 0 Å². The summed E-state index contributed by atoms with van der Waals surface area (Å²) in [6.07, 6.45) is 1.66. The van der Waals surface area contributed by atoms with Crippen LogP contribution in [0.15, 0.2) is 35.9 Å². The van der Waals surface area contributed by atoms with E-state index in [1.165, 1.54) is 4.90 Å². The Morgan fingerprint density at radius 1 is 1.37 bits per heavy atom. The van der Waals surface area contributed by atoms with E-state index < -0.39 is 5.97 Å². The van der Waals surface area contributed by atoms with Crippen LogP contribution in [-0.4, -0.2) is 28.4 Å². The van der Waals surface area contributed by atoms with Crippen molar-refractivity contribution in [3.8, 4) is 0 Å². The molecule has 1 rings (SSSR count). The molecule has 1 aromatic carbocycles. The summed E-state index contributed by atoms with van der Waals surface area (Å²) in [6.45, 7) is 3.22. The molecular formula is C14H16ClNO3. The predicted octanol–water partition coefficient (Wildman–Crippen LogP) is 2.72. The summed E-state index contributed by atoms with van der Waals surface area (Å²) < 4.78 is 0. The molecule has 0 unspecified atom stereocenters. The number of halogens is 1. The Kier molecular flexibility index (Phi) is 5.57. The van der Waals surface area contributed by atoms with Gasteiger partial charge in [-0.2, -0.15) is 0 Å². The van der Waals surface area contributed by atoms with Crippen molar-refractivity contribution in [1.82, 2.24) is 4.90 Å². The standard InChI is InChI=1S/C14H16ClNO3/c1-3-10(2)14(19)16(9-13(17)18)8-11-6-4-5-7-12(11)15/h3-7H,8-9H2,1-2H3,(H,17,18)/b10-3+. The normalized spacial score (nSPS) is 11.2. The first-order valence-electron chi connectivity index (χ1n) is 5.83. The Morgan fingerprint density at radius 2 is 2.00 bits per heavy atom. The molecular weight excluding hydrogens is 266 g/mol. The molecule has 1 N–H and O–H groups in total. The van der Waals surface area contributed by atoms with Crippen molar-refractivity contribution in [3.05, 3.63) is 46.5 Å². The highest BCUT2D eigenvalue weighted by molar-refractivity contribution is 6.31. The molecule has 0 spiro atoms. The van der Waals surface area contributed by atoms with Crippen LogP contribution in [0, 0.1) is 0 Å². The van der Waals surface area contributed by atoms with E-state index in [-0.39, 0.29) is 19.0 Å². The molecule has 1 amide bonds. The predicted molar refractivity (Wildman–Crippen MR) is 73.9 cm³/mol. The average Bonchev–Trinajstić information content (AvgIpc) is 2.38. The van der Waals surface area contributed by atoms with E-state index >= 15 is 0 Å². The first kappa shape index (κ1) is 15.2. The molecule has 0 saturated carbocycles. The molecule has 0 heterocycles. The Morgan fingerprint density at radius 3 is 2.53 bits per heavy atom. The number of carboxylic acids is 1. The van der Waals surface area contributed by atoms with Crippen LogP contribution in [0.25, 0.3) is 0 Å². The highest BCUT2D eigenvalue weighted by atomic mass is 35.5. The van der Waals surface area contributed by atoms with Gasteiger partial charge in [-0.15, -0.1) is 0 Å². The Hall–Kier alpha value is -1.81. The first-order valence-corrected chi connectivity index (χ1v) is 6.21. The van der Waals surface area contributed by atoms with Gasteiger partial charge in [0.05, 0.1) is 0 Å². The van der Waals surface area contributed by atoms with Gasteiger partial charge in [-0.3, -0.25) is 9.59 Å². The zero-order chi connectivity index (χ0) is 14.4. The van der Waals surface area contributed by atoms with E-state index in [1.54, 1.807) is 44.2 Å². The topological polar surface area (TPSA) is 57.6 Å². The van der Waals surface area contributed by atoms with Crippen molar-refractivity contribution in [2.24, 2.45) is 0 Å². The summed E-state index contributed by atoms with van der Waals surface area (Å²) in [5.41, 5.74) is 1.23. The number of aliphatic carboxylic acids is 1. The zero-order valence-electron chi connectivity index (χ0n) is 10.9. The van der Waals surface area contributed by atoms with Gasteiger partial charge in [0.2, 0.25) is 5.91 Å². The van der Waals surface area contributed by atoms with Gasteiger partial charge in [-0.05, 0) is 25.5 Å². The van der Waals surface area contributed by atoms with Gasteiger partial charge in [0.15, 0.2) is 0 Å². The summed E-state index contributed by atoms with van der Waals surface area (Å²) >= 11 is 6.02. The van der Waals surface area contributed by atoms with Crippen LogP contribution in [0.3, 0.4) is 0 Å². The number of hydrogen-bond donors (Lipinski definition) is 1. The van der Waals surface area contributed by atoms with E-state index in [0.29, 0.717) is 10.6 Å². The highest BCUT2D eigenvalue weighted by Gasteiger charge is 2.19. The molecule has 1 aromatic rings. The maximum Gasteiger partial charge on any atom is 0.323 e. The molecule has 5 heteroatoms. The number of carbonyl (C=O) groups excluding carboxylic acids is 1. The first-order chi connectivity index (χ1) is 8.95. The number of carbonyl (C=O) groups is 2.